The van der Waals surface area contributed by atoms with Gasteiger partial charge in [0, 0.05) is 12.5 Å². The zero-order chi connectivity index (χ0) is 7.84. The molecule has 12 heavy (non-hydrogen) atoms. The molecule has 68 valence electrons. The third-order valence-corrected chi connectivity index (χ3v) is 2.49. The minimum Gasteiger partial charge on any atom is -0.468 e. The number of carbonyl (C=O) groups is 1. The smallest absolute Gasteiger partial charge is 0.323 e. The van der Waals surface area contributed by atoms with Crippen molar-refractivity contribution in [3.05, 3.63) is 12.2 Å². The highest BCUT2D eigenvalue weighted by molar-refractivity contribution is 5.85. The maximum Gasteiger partial charge on any atom is 0.323 e. The van der Waals surface area contributed by atoms with E-state index in [0.717, 1.165) is 6.54 Å². The number of hydrogen-bond donors (Lipinski definition) is 1. The quantitative estimate of drug-likeness (QED) is 0.478. The van der Waals surface area contributed by atoms with E-state index in [2.05, 4.69) is 22.2 Å². The third-order valence-electron chi connectivity index (χ3n) is 2.49. The first-order valence-corrected chi connectivity index (χ1v) is 3.82. The fourth-order valence-electron chi connectivity index (χ4n) is 1.73. The minimum atomic E-state index is -0.137. The van der Waals surface area contributed by atoms with E-state index in [0.29, 0.717) is 11.8 Å². The summed E-state index contributed by atoms with van der Waals surface area (Å²) in [6.07, 6.45) is 4.22. The Morgan fingerprint density at radius 2 is 2.33 bits per heavy atom. The van der Waals surface area contributed by atoms with Gasteiger partial charge < -0.3 is 10.1 Å². The Bertz CT molecular complexity index is 217. The molecule has 0 saturated carbocycles. The van der Waals surface area contributed by atoms with Crippen molar-refractivity contribution in [3.63, 3.8) is 0 Å². The molecule has 1 aliphatic heterocycles. The number of esters is 1. The van der Waals surface area contributed by atoms with Crippen LogP contribution in [0.5, 0.6) is 0 Å². The molecule has 0 aromatic heterocycles. The second-order valence-electron chi connectivity index (χ2n) is 3.04. The Hall–Kier alpha value is -0.540. The summed E-state index contributed by atoms with van der Waals surface area (Å²) in [4.78, 5) is 11.1. The molecule has 0 aromatic rings. The van der Waals surface area contributed by atoms with Crippen LogP contribution in [0.4, 0.5) is 0 Å². The molecule has 1 N–H and O–H groups in total. The van der Waals surface area contributed by atoms with Crippen LogP contribution in [-0.4, -0.2) is 25.7 Å². The van der Waals surface area contributed by atoms with Crippen LogP contribution in [0.25, 0.3) is 0 Å². The van der Waals surface area contributed by atoms with Gasteiger partial charge in [-0.25, -0.2) is 0 Å². The maximum absolute atomic E-state index is 11.1. The van der Waals surface area contributed by atoms with E-state index in [4.69, 9.17) is 0 Å². The second-order valence-corrected chi connectivity index (χ2v) is 3.04. The molecule has 0 radical (unpaired) electrons. The molecule has 1 unspecified atom stereocenters. The van der Waals surface area contributed by atoms with Crippen LogP contribution in [0.2, 0.25) is 0 Å². The van der Waals surface area contributed by atoms with Crippen molar-refractivity contribution in [3.8, 4) is 0 Å². The van der Waals surface area contributed by atoms with Crippen LogP contribution >= 0.6 is 12.4 Å². The van der Waals surface area contributed by atoms with Crippen LogP contribution in [0, 0.1) is 11.8 Å². The van der Waals surface area contributed by atoms with Crippen LogP contribution < -0.4 is 5.32 Å². The van der Waals surface area contributed by atoms with Gasteiger partial charge in [0.2, 0.25) is 0 Å². The lowest BCUT2D eigenvalue weighted by atomic mass is 9.81. The van der Waals surface area contributed by atoms with Gasteiger partial charge in [-0.3, -0.25) is 4.79 Å². The predicted molar refractivity (Wildman–Crippen MR) is 47.2 cm³/mol. The highest BCUT2D eigenvalue weighted by atomic mass is 35.5. The molecule has 1 fully saturated rings. The summed E-state index contributed by atoms with van der Waals surface area (Å²) in [5, 5.41) is 3.13. The standard InChI is InChI=1S/C8H11NO2.ClH/c1-11-8(10)7-6-3-2-5(6)4-9-7;/h2-3,5-7,9H,4H2,1H3;1H/t5-,6-,7?;/m0./s1. The first kappa shape index (κ1) is 9.55. The Morgan fingerprint density at radius 1 is 1.58 bits per heavy atom. The summed E-state index contributed by atoms with van der Waals surface area (Å²) in [5.41, 5.74) is 0. The van der Waals surface area contributed by atoms with Crippen molar-refractivity contribution in [2.75, 3.05) is 13.7 Å². The topological polar surface area (TPSA) is 38.3 Å². The average molecular weight is 190 g/mol. The molecule has 3 nitrogen and oxygen atoms in total. The minimum absolute atomic E-state index is 0. The van der Waals surface area contributed by atoms with Gasteiger partial charge in [-0.1, -0.05) is 12.2 Å². The summed E-state index contributed by atoms with van der Waals surface area (Å²) >= 11 is 0. The molecular formula is C8H12ClNO2. The first-order valence-electron chi connectivity index (χ1n) is 3.82. The van der Waals surface area contributed by atoms with Gasteiger partial charge in [-0.15, -0.1) is 12.4 Å². The third kappa shape index (κ3) is 1.23. The molecule has 4 heteroatoms. The molecule has 3 atom stereocenters. The van der Waals surface area contributed by atoms with E-state index >= 15 is 0 Å². The molecule has 2 rings (SSSR count). The molecule has 1 aliphatic carbocycles. The number of rotatable bonds is 1. The number of nitrogens with one attached hydrogen (secondary N) is 1. The van der Waals surface area contributed by atoms with Crippen LogP contribution in [0.3, 0.4) is 0 Å². The van der Waals surface area contributed by atoms with Gasteiger partial charge in [0.1, 0.15) is 6.04 Å². The van der Waals surface area contributed by atoms with E-state index in [1.54, 1.807) is 0 Å². The van der Waals surface area contributed by atoms with E-state index in [9.17, 15) is 4.79 Å². The van der Waals surface area contributed by atoms with Gasteiger partial charge in [-0.2, -0.15) is 0 Å². The molecule has 1 heterocycles. The van der Waals surface area contributed by atoms with Crippen LogP contribution in [0.1, 0.15) is 0 Å². The predicted octanol–water partition coefficient (Wildman–Crippen LogP) is 0.355. The van der Waals surface area contributed by atoms with E-state index < -0.39 is 0 Å². The van der Waals surface area contributed by atoms with Crippen LogP contribution in [-0.2, 0) is 9.53 Å². The Morgan fingerprint density at radius 3 is 2.75 bits per heavy atom. The van der Waals surface area contributed by atoms with E-state index in [1.165, 1.54) is 7.11 Å². The lowest BCUT2D eigenvalue weighted by molar-refractivity contribution is -0.143. The van der Waals surface area contributed by atoms with Crippen molar-refractivity contribution in [1.29, 1.82) is 0 Å². The van der Waals surface area contributed by atoms with Gasteiger partial charge >= 0.3 is 5.97 Å². The second kappa shape index (κ2) is 3.46. The Balaban J connectivity index is 0.000000720. The number of hydrogen-bond acceptors (Lipinski definition) is 3. The summed E-state index contributed by atoms with van der Waals surface area (Å²) in [7, 11) is 1.43. The lowest BCUT2D eigenvalue weighted by Gasteiger charge is -2.23. The zero-order valence-corrected chi connectivity index (χ0v) is 7.64. The number of halogens is 1. The molecule has 0 aromatic carbocycles. The molecular weight excluding hydrogens is 178 g/mol. The fraction of sp³-hybridized carbons (Fsp3) is 0.625. The maximum atomic E-state index is 11.1. The number of methoxy groups -OCH3 is 1. The summed E-state index contributed by atoms with van der Waals surface area (Å²) < 4.78 is 4.65. The van der Waals surface area contributed by atoms with Crippen molar-refractivity contribution in [1.82, 2.24) is 5.32 Å². The summed E-state index contributed by atoms with van der Waals surface area (Å²) in [5.74, 6) is 0.823. The zero-order valence-electron chi connectivity index (χ0n) is 6.82. The lowest BCUT2D eigenvalue weighted by Crippen LogP contribution is -2.37. The van der Waals surface area contributed by atoms with Crippen molar-refractivity contribution < 1.29 is 9.53 Å². The SMILES string of the molecule is COC(=O)C1NC[C@@H]2C=C[C@H]12.Cl. The molecule has 1 saturated heterocycles. The van der Waals surface area contributed by atoms with Gasteiger partial charge in [0.15, 0.2) is 0 Å². The first-order chi connectivity index (χ1) is 5.33. The van der Waals surface area contributed by atoms with Crippen molar-refractivity contribution in [2.45, 2.75) is 6.04 Å². The van der Waals surface area contributed by atoms with Crippen molar-refractivity contribution >= 4 is 18.4 Å². The van der Waals surface area contributed by atoms with Gasteiger partial charge in [0.05, 0.1) is 7.11 Å². The monoisotopic (exact) mass is 189 g/mol. The van der Waals surface area contributed by atoms with Gasteiger partial charge in [-0.05, 0) is 5.92 Å². The molecule has 2 aliphatic rings. The summed E-state index contributed by atoms with van der Waals surface area (Å²) in [6.45, 7) is 0.918. The highest BCUT2D eigenvalue weighted by Crippen LogP contribution is 2.33. The number of fused-ring (bicyclic) bond motifs is 1. The van der Waals surface area contributed by atoms with E-state index in [1.807, 2.05) is 0 Å². The van der Waals surface area contributed by atoms with Crippen LogP contribution in [0.15, 0.2) is 12.2 Å². The summed E-state index contributed by atoms with van der Waals surface area (Å²) in [6, 6.07) is -0.0880. The molecule has 0 bridgehead atoms. The number of ether oxygens (including phenoxy) is 1. The molecule has 0 spiro atoms. The Labute approximate surface area is 77.6 Å². The average Bonchev–Trinajstić information content (AvgIpc) is 2.25. The van der Waals surface area contributed by atoms with Gasteiger partial charge in [0.25, 0.3) is 0 Å². The largest absolute Gasteiger partial charge is 0.468 e. The van der Waals surface area contributed by atoms with Crippen molar-refractivity contribution in [2.24, 2.45) is 11.8 Å². The van der Waals surface area contributed by atoms with E-state index in [-0.39, 0.29) is 24.4 Å². The Kier molecular flexibility index (Phi) is 2.75. The normalized spacial score (nSPS) is 36.2. The highest BCUT2D eigenvalue weighted by Gasteiger charge is 2.41. The number of carbonyl (C=O) groups excluding carboxylic acids is 1. The molecule has 0 amide bonds. The fourth-order valence-corrected chi connectivity index (χ4v) is 1.73.